The fourth-order valence-corrected chi connectivity index (χ4v) is 2.17. The molecule has 4 heteroatoms. The van der Waals surface area contributed by atoms with E-state index in [4.69, 9.17) is 0 Å². The third kappa shape index (κ3) is 2.85. The van der Waals surface area contributed by atoms with Crippen molar-refractivity contribution >= 4 is 24.0 Å². The van der Waals surface area contributed by atoms with Crippen molar-refractivity contribution in [1.82, 2.24) is 5.32 Å². The number of carbonyl (C=O) groups excluding carboxylic acids is 1. The molecule has 98 valence electrons. The minimum Gasteiger partial charge on any atom is -0.315 e. The first-order chi connectivity index (χ1) is 8.34. The largest absolute Gasteiger partial charge is 0.315 e. The van der Waals surface area contributed by atoms with E-state index in [2.05, 4.69) is 5.32 Å². The van der Waals surface area contributed by atoms with Crippen LogP contribution in [0.25, 0.3) is 0 Å². The Kier molecular flexibility index (Phi) is 4.25. The predicted molar refractivity (Wildman–Crippen MR) is 75.1 cm³/mol. The van der Waals surface area contributed by atoms with Gasteiger partial charge in [-0.3, -0.25) is 4.79 Å². The van der Waals surface area contributed by atoms with E-state index < -0.39 is 0 Å². The van der Waals surface area contributed by atoms with Crippen LogP contribution in [0.15, 0.2) is 30.3 Å². The SMILES string of the molecule is Cl.O=C(C1CNC1)N(CC1CC1)c1ccccc1. The van der Waals surface area contributed by atoms with Crippen LogP contribution in [0.1, 0.15) is 12.8 Å². The first-order valence-corrected chi connectivity index (χ1v) is 6.42. The molecule has 1 heterocycles. The number of nitrogens with one attached hydrogen (secondary N) is 1. The Bertz CT molecular complexity index is 402. The lowest BCUT2D eigenvalue weighted by molar-refractivity contribution is -0.123. The van der Waals surface area contributed by atoms with Gasteiger partial charge in [0.2, 0.25) is 5.91 Å². The van der Waals surface area contributed by atoms with Gasteiger partial charge in [-0.2, -0.15) is 0 Å². The number of halogens is 1. The molecule has 1 saturated carbocycles. The van der Waals surface area contributed by atoms with Crippen LogP contribution in [0.2, 0.25) is 0 Å². The van der Waals surface area contributed by atoms with E-state index in [1.807, 2.05) is 35.2 Å². The van der Waals surface area contributed by atoms with Gasteiger partial charge >= 0.3 is 0 Å². The van der Waals surface area contributed by atoms with Gasteiger partial charge in [0.05, 0.1) is 5.92 Å². The Balaban J connectivity index is 0.00000120. The first kappa shape index (κ1) is 13.4. The highest BCUT2D eigenvalue weighted by Crippen LogP contribution is 2.32. The number of anilines is 1. The van der Waals surface area contributed by atoms with Crippen LogP contribution in [0.5, 0.6) is 0 Å². The minimum atomic E-state index is 0. The van der Waals surface area contributed by atoms with Gasteiger partial charge in [-0.25, -0.2) is 0 Å². The Hall–Kier alpha value is -1.06. The quantitative estimate of drug-likeness (QED) is 0.905. The molecule has 1 saturated heterocycles. The van der Waals surface area contributed by atoms with Gasteiger partial charge in [-0.15, -0.1) is 12.4 Å². The third-order valence-electron chi connectivity index (χ3n) is 3.60. The average Bonchev–Trinajstić information content (AvgIpc) is 3.08. The van der Waals surface area contributed by atoms with Crippen molar-refractivity contribution in [3.8, 4) is 0 Å². The molecule has 1 aliphatic carbocycles. The van der Waals surface area contributed by atoms with Crippen molar-refractivity contribution in [1.29, 1.82) is 0 Å². The summed E-state index contributed by atoms with van der Waals surface area (Å²) in [5, 5.41) is 3.17. The number of carbonyl (C=O) groups is 1. The fraction of sp³-hybridized carbons (Fsp3) is 0.500. The lowest BCUT2D eigenvalue weighted by Crippen LogP contribution is -2.52. The van der Waals surface area contributed by atoms with Crippen LogP contribution in [-0.4, -0.2) is 25.5 Å². The van der Waals surface area contributed by atoms with Gasteiger partial charge in [0.1, 0.15) is 0 Å². The van der Waals surface area contributed by atoms with E-state index in [9.17, 15) is 4.79 Å². The molecule has 0 unspecified atom stereocenters. The Morgan fingerprint density at radius 3 is 2.39 bits per heavy atom. The van der Waals surface area contributed by atoms with Crippen molar-refractivity contribution in [2.75, 3.05) is 24.5 Å². The molecule has 1 amide bonds. The molecule has 0 aromatic heterocycles. The minimum absolute atomic E-state index is 0. The number of hydrogen-bond donors (Lipinski definition) is 1. The number of benzene rings is 1. The number of para-hydroxylation sites is 1. The smallest absolute Gasteiger partial charge is 0.232 e. The summed E-state index contributed by atoms with van der Waals surface area (Å²) in [6, 6.07) is 10.1. The maximum absolute atomic E-state index is 12.4. The molecule has 3 nitrogen and oxygen atoms in total. The van der Waals surface area contributed by atoms with Crippen LogP contribution in [-0.2, 0) is 4.79 Å². The Morgan fingerprint density at radius 1 is 1.22 bits per heavy atom. The summed E-state index contributed by atoms with van der Waals surface area (Å²) in [6.45, 7) is 2.58. The molecule has 0 atom stereocenters. The molecular weight excluding hydrogens is 248 g/mol. The molecule has 1 aromatic carbocycles. The summed E-state index contributed by atoms with van der Waals surface area (Å²) in [4.78, 5) is 14.4. The lowest BCUT2D eigenvalue weighted by Gasteiger charge is -2.32. The second kappa shape index (κ2) is 5.72. The maximum atomic E-state index is 12.4. The van der Waals surface area contributed by atoms with E-state index in [1.165, 1.54) is 12.8 Å². The zero-order valence-corrected chi connectivity index (χ0v) is 11.2. The summed E-state index contributed by atoms with van der Waals surface area (Å²) >= 11 is 0. The number of amides is 1. The first-order valence-electron chi connectivity index (χ1n) is 6.42. The van der Waals surface area contributed by atoms with Crippen LogP contribution >= 0.6 is 12.4 Å². The fourth-order valence-electron chi connectivity index (χ4n) is 2.17. The maximum Gasteiger partial charge on any atom is 0.232 e. The Morgan fingerprint density at radius 2 is 1.89 bits per heavy atom. The molecule has 1 aliphatic heterocycles. The lowest BCUT2D eigenvalue weighted by atomic mass is 10.0. The zero-order valence-electron chi connectivity index (χ0n) is 10.3. The number of rotatable bonds is 4. The van der Waals surface area contributed by atoms with Crippen LogP contribution in [0.3, 0.4) is 0 Å². The van der Waals surface area contributed by atoms with E-state index in [-0.39, 0.29) is 18.3 Å². The molecule has 0 radical (unpaired) electrons. The van der Waals surface area contributed by atoms with Crippen molar-refractivity contribution in [2.45, 2.75) is 12.8 Å². The zero-order chi connectivity index (χ0) is 11.7. The highest BCUT2D eigenvalue weighted by atomic mass is 35.5. The average molecular weight is 267 g/mol. The summed E-state index contributed by atoms with van der Waals surface area (Å²) in [6.07, 6.45) is 2.55. The highest BCUT2D eigenvalue weighted by Gasteiger charge is 2.33. The van der Waals surface area contributed by atoms with Gasteiger partial charge in [0, 0.05) is 25.3 Å². The van der Waals surface area contributed by atoms with Gasteiger partial charge in [0.25, 0.3) is 0 Å². The van der Waals surface area contributed by atoms with Crippen molar-refractivity contribution in [2.24, 2.45) is 11.8 Å². The molecule has 2 aliphatic rings. The second-order valence-corrected chi connectivity index (χ2v) is 5.08. The van der Waals surface area contributed by atoms with Crippen LogP contribution in [0.4, 0.5) is 5.69 Å². The number of hydrogen-bond acceptors (Lipinski definition) is 2. The van der Waals surface area contributed by atoms with Gasteiger partial charge in [-0.05, 0) is 30.9 Å². The Labute approximate surface area is 114 Å². The van der Waals surface area contributed by atoms with Crippen molar-refractivity contribution in [3.63, 3.8) is 0 Å². The van der Waals surface area contributed by atoms with E-state index >= 15 is 0 Å². The van der Waals surface area contributed by atoms with Crippen molar-refractivity contribution < 1.29 is 4.79 Å². The number of nitrogens with zero attached hydrogens (tertiary/aromatic N) is 1. The topological polar surface area (TPSA) is 32.3 Å². The molecule has 0 bridgehead atoms. The monoisotopic (exact) mass is 266 g/mol. The molecule has 1 N–H and O–H groups in total. The molecule has 1 aromatic rings. The molecule has 2 fully saturated rings. The van der Waals surface area contributed by atoms with Gasteiger partial charge < -0.3 is 10.2 Å². The van der Waals surface area contributed by atoms with Gasteiger partial charge in [-0.1, -0.05) is 18.2 Å². The third-order valence-corrected chi connectivity index (χ3v) is 3.60. The van der Waals surface area contributed by atoms with Crippen molar-refractivity contribution in [3.05, 3.63) is 30.3 Å². The van der Waals surface area contributed by atoms with Crippen LogP contribution in [0, 0.1) is 11.8 Å². The van der Waals surface area contributed by atoms with E-state index in [0.717, 1.165) is 31.2 Å². The van der Waals surface area contributed by atoms with Gasteiger partial charge in [0.15, 0.2) is 0 Å². The summed E-state index contributed by atoms with van der Waals surface area (Å²) in [5.41, 5.74) is 1.05. The van der Waals surface area contributed by atoms with Crippen LogP contribution < -0.4 is 10.2 Å². The molecule has 18 heavy (non-hydrogen) atoms. The second-order valence-electron chi connectivity index (χ2n) is 5.08. The normalized spacial score (nSPS) is 18.7. The molecule has 3 rings (SSSR count). The summed E-state index contributed by atoms with van der Waals surface area (Å²) < 4.78 is 0. The molecular formula is C14H19ClN2O. The van der Waals surface area contributed by atoms with E-state index in [1.54, 1.807) is 0 Å². The molecule has 0 spiro atoms. The summed E-state index contributed by atoms with van der Waals surface area (Å²) in [7, 11) is 0. The standard InChI is InChI=1S/C14H18N2O.ClH/c17-14(12-8-15-9-12)16(10-11-6-7-11)13-4-2-1-3-5-13;/h1-5,11-12,15H,6-10H2;1H. The summed E-state index contributed by atoms with van der Waals surface area (Å²) in [5.74, 6) is 1.21. The van der Waals surface area contributed by atoms with E-state index in [0.29, 0.717) is 5.91 Å². The highest BCUT2D eigenvalue weighted by molar-refractivity contribution is 5.95. The predicted octanol–water partition coefficient (Wildman–Crippen LogP) is 2.07.